The van der Waals surface area contributed by atoms with Gasteiger partial charge in [0.25, 0.3) is 5.78 Å². The van der Waals surface area contributed by atoms with E-state index in [0.29, 0.717) is 22.5 Å². The van der Waals surface area contributed by atoms with Gasteiger partial charge in [0.2, 0.25) is 5.82 Å². The molecule has 1 fully saturated rings. The molecule has 0 amide bonds. The van der Waals surface area contributed by atoms with Crippen LogP contribution in [0.3, 0.4) is 0 Å². The molecule has 0 atom stereocenters. The summed E-state index contributed by atoms with van der Waals surface area (Å²) in [7, 11) is 1.64. The molecule has 6 rings (SSSR count). The highest BCUT2D eigenvalue weighted by atomic mass is 19.3. The molecule has 4 heterocycles. The summed E-state index contributed by atoms with van der Waals surface area (Å²) < 4.78 is 50.0. The van der Waals surface area contributed by atoms with Crippen LogP contribution in [0, 0.1) is 5.82 Å². The van der Waals surface area contributed by atoms with Gasteiger partial charge in [-0.25, -0.2) is 9.37 Å². The molecule has 31 heavy (non-hydrogen) atoms. The Hall–Kier alpha value is -3.76. The molecule has 0 bridgehead atoms. The Kier molecular flexibility index (Phi) is 3.57. The second-order valence-corrected chi connectivity index (χ2v) is 7.74. The van der Waals surface area contributed by atoms with Crippen molar-refractivity contribution in [2.45, 2.75) is 24.8 Å². The van der Waals surface area contributed by atoms with Gasteiger partial charge in [-0.1, -0.05) is 0 Å². The van der Waals surface area contributed by atoms with E-state index in [1.54, 1.807) is 19.4 Å². The predicted octanol–water partition coefficient (Wildman–Crippen LogP) is 3.49. The first kappa shape index (κ1) is 18.0. The zero-order valence-corrected chi connectivity index (χ0v) is 16.2. The van der Waals surface area contributed by atoms with Crippen LogP contribution in [0.5, 0.6) is 0 Å². The van der Waals surface area contributed by atoms with Gasteiger partial charge in [-0.05, 0) is 18.9 Å². The molecule has 0 radical (unpaired) electrons. The fourth-order valence-corrected chi connectivity index (χ4v) is 3.71. The number of rotatable bonds is 4. The number of hydrogen-bond donors (Lipinski definition) is 0. The second kappa shape index (κ2) is 6.13. The number of aryl methyl sites for hydroxylation is 1. The van der Waals surface area contributed by atoms with E-state index in [4.69, 9.17) is 0 Å². The van der Waals surface area contributed by atoms with Crippen molar-refractivity contribution < 1.29 is 13.2 Å². The smallest absolute Gasteiger partial charge is 0.275 e. The van der Waals surface area contributed by atoms with Crippen LogP contribution in [-0.4, -0.2) is 39.1 Å². The largest absolute Gasteiger partial charge is 0.335 e. The molecule has 0 aliphatic heterocycles. The molecule has 1 aliphatic carbocycles. The van der Waals surface area contributed by atoms with E-state index < -0.39 is 23.1 Å². The Morgan fingerprint density at radius 2 is 1.84 bits per heavy atom. The van der Waals surface area contributed by atoms with Crippen LogP contribution in [0.2, 0.25) is 0 Å². The lowest BCUT2D eigenvalue weighted by molar-refractivity contribution is 0.0281. The van der Waals surface area contributed by atoms with Crippen LogP contribution in [0.25, 0.3) is 27.8 Å². The van der Waals surface area contributed by atoms with Gasteiger partial charge in [0.1, 0.15) is 5.82 Å². The summed E-state index contributed by atoms with van der Waals surface area (Å²) in [5.74, 6) is -5.53. The van der Waals surface area contributed by atoms with Crippen molar-refractivity contribution in [3.8, 4) is 11.1 Å². The fraction of sp³-hybridized carbons (Fsp3) is 0.250. The summed E-state index contributed by atoms with van der Waals surface area (Å²) in [5.41, 5.74) is 0.822. The quantitative estimate of drug-likeness (QED) is 0.441. The number of halogens is 3. The zero-order chi connectivity index (χ0) is 21.3. The molecule has 1 saturated carbocycles. The molecular weight excluding hydrogens is 409 g/mol. The lowest BCUT2D eigenvalue weighted by Crippen LogP contribution is -2.21. The van der Waals surface area contributed by atoms with Crippen molar-refractivity contribution >= 4 is 16.7 Å². The summed E-state index contributed by atoms with van der Waals surface area (Å²) in [5, 5.41) is 16.2. The van der Waals surface area contributed by atoms with Gasteiger partial charge >= 0.3 is 5.92 Å². The normalized spacial score (nSPS) is 14.7. The number of nitrogens with zero attached hydrogens (tertiary/aromatic N) is 8. The minimum atomic E-state index is -3.74. The minimum absolute atomic E-state index is 0.00382. The topological polar surface area (TPSA) is 78.7 Å². The highest BCUT2D eigenvalue weighted by molar-refractivity contribution is 5.79. The molecule has 11 heteroatoms. The van der Waals surface area contributed by atoms with Gasteiger partial charge in [-0.3, -0.25) is 13.8 Å². The van der Waals surface area contributed by atoms with E-state index in [1.165, 1.54) is 17.1 Å². The monoisotopic (exact) mass is 424 g/mol. The van der Waals surface area contributed by atoms with Crippen LogP contribution in [0.4, 0.5) is 13.2 Å². The lowest BCUT2D eigenvalue weighted by atomic mass is 10.0. The average Bonchev–Trinajstić information content (AvgIpc) is 3.15. The van der Waals surface area contributed by atoms with E-state index in [0.717, 1.165) is 34.9 Å². The van der Waals surface area contributed by atoms with Gasteiger partial charge in [-0.2, -0.15) is 19.0 Å². The Balaban J connectivity index is 1.47. The van der Waals surface area contributed by atoms with E-state index in [2.05, 4.69) is 25.4 Å². The Morgan fingerprint density at radius 1 is 1.03 bits per heavy atom. The van der Waals surface area contributed by atoms with E-state index in [1.807, 2.05) is 10.9 Å². The Bertz CT molecular complexity index is 1460. The molecule has 5 aromatic rings. The van der Waals surface area contributed by atoms with Crippen LogP contribution in [0.1, 0.15) is 30.3 Å². The van der Waals surface area contributed by atoms with Crippen molar-refractivity contribution in [2.24, 2.45) is 7.05 Å². The molecule has 0 saturated heterocycles. The van der Waals surface area contributed by atoms with Crippen LogP contribution < -0.4 is 0 Å². The van der Waals surface area contributed by atoms with Crippen molar-refractivity contribution in [3.63, 3.8) is 0 Å². The van der Waals surface area contributed by atoms with Crippen molar-refractivity contribution in [1.82, 2.24) is 39.1 Å². The molecular formula is C20H15F3N8. The molecule has 8 nitrogen and oxygen atoms in total. The maximum Gasteiger partial charge on any atom is 0.335 e. The Morgan fingerprint density at radius 3 is 2.65 bits per heavy atom. The SMILES string of the molecule is Cn1cc2cc(C(F)(F)c3nnc4ncc(-c5cnn(C6CC6)c5)cn34)c(F)cc2n1. The predicted molar refractivity (Wildman–Crippen MR) is 104 cm³/mol. The van der Waals surface area contributed by atoms with E-state index in [9.17, 15) is 4.39 Å². The first-order valence-electron chi connectivity index (χ1n) is 9.67. The van der Waals surface area contributed by atoms with Crippen molar-refractivity contribution in [2.75, 3.05) is 0 Å². The molecule has 0 unspecified atom stereocenters. The minimum Gasteiger partial charge on any atom is -0.275 e. The maximum absolute atomic E-state index is 15.5. The number of alkyl halides is 2. The van der Waals surface area contributed by atoms with Crippen molar-refractivity contribution in [1.29, 1.82) is 0 Å². The van der Waals surface area contributed by atoms with Gasteiger partial charge in [0.15, 0.2) is 0 Å². The fourth-order valence-electron chi connectivity index (χ4n) is 3.71. The molecule has 0 spiro atoms. The summed E-state index contributed by atoms with van der Waals surface area (Å²) in [6.07, 6.45) is 10.2. The first-order chi connectivity index (χ1) is 14.9. The van der Waals surface area contributed by atoms with E-state index >= 15 is 8.78 Å². The first-order valence-corrected chi connectivity index (χ1v) is 9.67. The molecule has 0 N–H and O–H groups in total. The van der Waals surface area contributed by atoms with Crippen LogP contribution in [0.15, 0.2) is 43.1 Å². The lowest BCUT2D eigenvalue weighted by Gasteiger charge is -2.16. The zero-order valence-electron chi connectivity index (χ0n) is 16.2. The van der Waals surface area contributed by atoms with Gasteiger partial charge < -0.3 is 0 Å². The summed E-state index contributed by atoms with van der Waals surface area (Å²) in [6.45, 7) is 0. The number of hydrogen-bond acceptors (Lipinski definition) is 5. The summed E-state index contributed by atoms with van der Waals surface area (Å²) in [6, 6.07) is 2.48. The third-order valence-electron chi connectivity index (χ3n) is 5.45. The molecule has 1 aromatic carbocycles. The van der Waals surface area contributed by atoms with Crippen LogP contribution >= 0.6 is 0 Å². The van der Waals surface area contributed by atoms with Gasteiger partial charge in [0.05, 0.1) is 23.3 Å². The number of aromatic nitrogens is 8. The standard InChI is InChI=1S/C20H15F3N8/c1-29-8-11-4-15(16(21)5-17(11)28-29)20(22,23)18-26-27-19-24-6-12(9-30(18)19)13-7-25-31(10-13)14-2-3-14/h4-10,14H,2-3H2,1H3. The average molecular weight is 424 g/mol. The Labute approximate surface area is 173 Å². The summed E-state index contributed by atoms with van der Waals surface area (Å²) in [4.78, 5) is 4.14. The maximum atomic E-state index is 15.5. The molecule has 4 aromatic heterocycles. The number of fused-ring (bicyclic) bond motifs is 2. The number of benzene rings is 1. The second-order valence-electron chi connectivity index (χ2n) is 7.74. The van der Waals surface area contributed by atoms with Crippen molar-refractivity contribution in [3.05, 3.63) is 60.3 Å². The van der Waals surface area contributed by atoms with E-state index in [-0.39, 0.29) is 5.78 Å². The van der Waals surface area contributed by atoms with Gasteiger partial charge in [0, 0.05) is 54.4 Å². The highest BCUT2D eigenvalue weighted by Gasteiger charge is 2.42. The third kappa shape index (κ3) is 2.80. The van der Waals surface area contributed by atoms with Gasteiger partial charge in [-0.15, -0.1) is 10.2 Å². The third-order valence-corrected chi connectivity index (χ3v) is 5.45. The summed E-state index contributed by atoms with van der Waals surface area (Å²) >= 11 is 0. The molecule has 1 aliphatic rings. The highest BCUT2D eigenvalue weighted by Crippen LogP contribution is 2.38. The van der Waals surface area contributed by atoms with Crippen LogP contribution in [-0.2, 0) is 13.0 Å². The molecule has 156 valence electrons.